The lowest BCUT2D eigenvalue weighted by molar-refractivity contribution is -0.123. The lowest BCUT2D eigenvalue weighted by Gasteiger charge is -2.17. The fourth-order valence-electron chi connectivity index (χ4n) is 3.50. The zero-order valence-corrected chi connectivity index (χ0v) is 20.0. The minimum absolute atomic E-state index is 0.0829. The molecular weight excluding hydrogens is 487 g/mol. The quantitative estimate of drug-likeness (QED) is 0.217. The molecule has 35 heavy (non-hydrogen) atoms. The summed E-state index contributed by atoms with van der Waals surface area (Å²) in [6.45, 7) is 0.0829. The number of H-pyrrole nitrogens is 1. The third kappa shape index (κ3) is 6.41. The molecule has 2 amide bonds. The third-order valence-electron chi connectivity index (χ3n) is 5.28. The molecule has 9 heteroatoms. The summed E-state index contributed by atoms with van der Waals surface area (Å²) in [4.78, 5) is 28.7. The Labute approximate surface area is 212 Å². The molecule has 0 spiro atoms. The number of benzene rings is 3. The van der Waals surface area contributed by atoms with Crippen LogP contribution in [0.3, 0.4) is 0 Å². The Kier molecular flexibility index (Phi) is 8.03. The molecule has 4 rings (SSSR count). The van der Waals surface area contributed by atoms with Gasteiger partial charge in [-0.1, -0.05) is 83.9 Å². The maximum Gasteiger partial charge on any atom is 0.408 e. The summed E-state index contributed by atoms with van der Waals surface area (Å²) in [5, 5.41) is 8.30. The normalized spacial score (nSPS) is 11.9. The van der Waals surface area contributed by atoms with Crippen molar-refractivity contribution in [2.24, 2.45) is 5.10 Å². The first-order chi connectivity index (χ1) is 17.0. The summed E-state index contributed by atoms with van der Waals surface area (Å²) in [5.41, 5.74) is 5.65. The predicted octanol–water partition coefficient (Wildman–Crippen LogP) is 5.46. The number of para-hydroxylation sites is 1. The summed E-state index contributed by atoms with van der Waals surface area (Å²) in [6.07, 6.45) is 2.72. The number of aromatic amines is 1. The zero-order chi connectivity index (χ0) is 24.6. The van der Waals surface area contributed by atoms with Gasteiger partial charge in [-0.2, -0.15) is 5.10 Å². The van der Waals surface area contributed by atoms with Gasteiger partial charge in [0.15, 0.2) is 0 Å². The van der Waals surface area contributed by atoms with E-state index >= 15 is 0 Å². The largest absolute Gasteiger partial charge is 0.445 e. The lowest BCUT2D eigenvalue weighted by Crippen LogP contribution is -2.47. The highest BCUT2D eigenvalue weighted by atomic mass is 35.5. The number of hydrazone groups is 1. The molecule has 0 bridgehead atoms. The second-order valence-corrected chi connectivity index (χ2v) is 8.48. The van der Waals surface area contributed by atoms with Gasteiger partial charge >= 0.3 is 6.09 Å². The molecule has 4 aromatic rings. The van der Waals surface area contributed by atoms with Gasteiger partial charge in [0.2, 0.25) is 0 Å². The van der Waals surface area contributed by atoms with Crippen LogP contribution < -0.4 is 10.7 Å². The Hall–Kier alpha value is -3.81. The number of hydrogen-bond acceptors (Lipinski definition) is 4. The summed E-state index contributed by atoms with van der Waals surface area (Å²) in [6, 6.07) is 21.2. The van der Waals surface area contributed by atoms with E-state index in [0.29, 0.717) is 15.6 Å². The second-order valence-electron chi connectivity index (χ2n) is 7.70. The molecule has 178 valence electrons. The Morgan fingerprint density at radius 1 is 1.00 bits per heavy atom. The van der Waals surface area contributed by atoms with Crippen molar-refractivity contribution in [1.82, 2.24) is 15.7 Å². The van der Waals surface area contributed by atoms with E-state index in [1.165, 1.54) is 6.21 Å². The summed E-state index contributed by atoms with van der Waals surface area (Å²) >= 11 is 12.2. The number of nitrogens with zero attached hydrogens (tertiary/aromatic N) is 1. The number of alkyl carbamates (subject to hydrolysis) is 1. The van der Waals surface area contributed by atoms with Gasteiger partial charge in [0.05, 0.1) is 16.3 Å². The van der Waals surface area contributed by atoms with Crippen molar-refractivity contribution in [3.8, 4) is 0 Å². The second kappa shape index (κ2) is 11.6. The summed E-state index contributed by atoms with van der Waals surface area (Å²) in [5.74, 6) is -0.513. The van der Waals surface area contributed by atoms with Crippen LogP contribution in [0.25, 0.3) is 10.9 Å². The number of carbonyl (C=O) groups is 2. The van der Waals surface area contributed by atoms with Crippen molar-refractivity contribution in [3.05, 3.63) is 106 Å². The standard InChI is InChI=1S/C26H22Cl2N4O3/c27-21-11-6-9-18(24(21)28)15-30-32-25(33)23(13-19-14-29-22-12-5-4-10-20(19)22)31-26(34)35-16-17-7-2-1-3-8-17/h1-12,14-15,23,29H,13,16H2,(H,31,34)(H,32,33)/b30-15-/t23-/m0/s1. The van der Waals surface area contributed by atoms with Crippen LogP contribution in [0.1, 0.15) is 16.7 Å². The number of fused-ring (bicyclic) bond motifs is 1. The summed E-state index contributed by atoms with van der Waals surface area (Å²) < 4.78 is 5.31. The summed E-state index contributed by atoms with van der Waals surface area (Å²) in [7, 11) is 0. The highest BCUT2D eigenvalue weighted by Gasteiger charge is 2.23. The molecule has 0 aliphatic heterocycles. The number of carbonyl (C=O) groups excluding carboxylic acids is 2. The molecule has 1 atom stereocenters. The average molecular weight is 509 g/mol. The van der Waals surface area contributed by atoms with E-state index in [1.807, 2.05) is 60.8 Å². The van der Waals surface area contributed by atoms with E-state index in [-0.39, 0.29) is 13.0 Å². The number of aromatic nitrogens is 1. The van der Waals surface area contributed by atoms with Gasteiger partial charge in [-0.15, -0.1) is 0 Å². The van der Waals surface area contributed by atoms with Crippen LogP contribution in [0.4, 0.5) is 4.79 Å². The van der Waals surface area contributed by atoms with Gasteiger partial charge in [-0.05, 0) is 23.3 Å². The zero-order valence-electron chi connectivity index (χ0n) is 18.5. The smallest absolute Gasteiger partial charge is 0.408 e. The van der Waals surface area contributed by atoms with Gasteiger partial charge in [0.25, 0.3) is 5.91 Å². The molecule has 0 radical (unpaired) electrons. The molecule has 1 heterocycles. The molecule has 1 aromatic heterocycles. The van der Waals surface area contributed by atoms with Gasteiger partial charge in [0, 0.05) is 29.1 Å². The SMILES string of the molecule is O=C(N[C@@H](Cc1c[nH]c2ccccc12)C(=O)N/N=C\c1cccc(Cl)c1Cl)OCc1ccccc1. The van der Waals surface area contributed by atoms with Crippen LogP contribution in [0.2, 0.25) is 10.0 Å². The number of ether oxygens (including phenoxy) is 1. The van der Waals surface area contributed by atoms with E-state index in [1.54, 1.807) is 18.2 Å². The van der Waals surface area contributed by atoms with Gasteiger partial charge < -0.3 is 15.0 Å². The number of hydrogen-bond donors (Lipinski definition) is 3. The highest BCUT2D eigenvalue weighted by molar-refractivity contribution is 6.43. The first-order valence-electron chi connectivity index (χ1n) is 10.8. The van der Waals surface area contributed by atoms with E-state index in [2.05, 4.69) is 20.8 Å². The van der Waals surface area contributed by atoms with E-state index in [9.17, 15) is 9.59 Å². The van der Waals surface area contributed by atoms with Gasteiger partial charge in [-0.3, -0.25) is 4.79 Å². The predicted molar refractivity (Wildman–Crippen MR) is 138 cm³/mol. The highest BCUT2D eigenvalue weighted by Crippen LogP contribution is 2.24. The van der Waals surface area contributed by atoms with Crippen LogP contribution in [0.15, 0.2) is 84.1 Å². The fraction of sp³-hybridized carbons (Fsp3) is 0.115. The van der Waals surface area contributed by atoms with Crippen LogP contribution in [0.5, 0.6) is 0 Å². The average Bonchev–Trinajstić information content (AvgIpc) is 3.28. The van der Waals surface area contributed by atoms with Crippen LogP contribution in [-0.4, -0.2) is 29.2 Å². The van der Waals surface area contributed by atoms with Crippen LogP contribution in [0, 0.1) is 0 Å². The maximum absolute atomic E-state index is 13.0. The number of nitrogens with one attached hydrogen (secondary N) is 3. The topological polar surface area (TPSA) is 95.6 Å². The van der Waals surface area contributed by atoms with Crippen LogP contribution in [-0.2, 0) is 22.6 Å². The molecule has 3 N–H and O–H groups in total. The molecule has 0 aliphatic rings. The van der Waals surface area contributed by atoms with E-state index in [4.69, 9.17) is 27.9 Å². The molecule has 0 fully saturated rings. The molecule has 0 aliphatic carbocycles. The maximum atomic E-state index is 13.0. The van der Waals surface area contributed by atoms with Gasteiger partial charge in [0.1, 0.15) is 12.6 Å². The van der Waals surface area contributed by atoms with Gasteiger partial charge in [-0.25, -0.2) is 10.2 Å². The third-order valence-corrected chi connectivity index (χ3v) is 6.11. The number of amides is 2. The first-order valence-corrected chi connectivity index (χ1v) is 11.6. The van der Waals surface area contributed by atoms with E-state index in [0.717, 1.165) is 22.0 Å². The van der Waals surface area contributed by atoms with Crippen molar-refractivity contribution >= 4 is 52.3 Å². The molecule has 3 aromatic carbocycles. The number of halogens is 2. The van der Waals surface area contributed by atoms with Crippen molar-refractivity contribution in [1.29, 1.82) is 0 Å². The minimum atomic E-state index is -0.940. The molecule has 0 unspecified atom stereocenters. The molecule has 0 saturated carbocycles. The Morgan fingerprint density at radius 2 is 1.77 bits per heavy atom. The first kappa shape index (κ1) is 24.3. The fourth-order valence-corrected chi connectivity index (χ4v) is 3.86. The van der Waals surface area contributed by atoms with Crippen molar-refractivity contribution in [2.75, 3.05) is 0 Å². The Bertz CT molecular complexity index is 1360. The van der Waals surface area contributed by atoms with Crippen molar-refractivity contribution in [3.63, 3.8) is 0 Å². The van der Waals surface area contributed by atoms with Crippen LogP contribution >= 0.6 is 23.2 Å². The molecule has 0 saturated heterocycles. The van der Waals surface area contributed by atoms with Crippen molar-refractivity contribution < 1.29 is 14.3 Å². The lowest BCUT2D eigenvalue weighted by atomic mass is 10.0. The Balaban J connectivity index is 1.47. The minimum Gasteiger partial charge on any atom is -0.445 e. The molecule has 7 nitrogen and oxygen atoms in total. The van der Waals surface area contributed by atoms with E-state index < -0.39 is 18.0 Å². The number of rotatable bonds is 8. The Morgan fingerprint density at radius 3 is 2.60 bits per heavy atom. The van der Waals surface area contributed by atoms with Crippen molar-refractivity contribution in [2.45, 2.75) is 19.1 Å². The monoisotopic (exact) mass is 508 g/mol. The molecular formula is C26H22Cl2N4O3.